The van der Waals surface area contributed by atoms with Crippen LogP contribution < -0.4 is 10.6 Å². The van der Waals surface area contributed by atoms with Crippen LogP contribution in [0.4, 0.5) is 0 Å². The molecular formula is C8H16N2. The molecule has 0 unspecified atom stereocenters. The standard InChI is InChI=1S/C8H16N2/c1-8(2-3-8)6-10-7-4-9-5-7/h7,9-10H,2-6H2,1H3. The highest BCUT2D eigenvalue weighted by molar-refractivity contribution is 4.93. The van der Waals surface area contributed by atoms with E-state index in [1.807, 2.05) is 0 Å². The molecule has 0 bridgehead atoms. The van der Waals surface area contributed by atoms with Crippen LogP contribution in [0, 0.1) is 5.41 Å². The minimum Gasteiger partial charge on any atom is -0.314 e. The van der Waals surface area contributed by atoms with E-state index in [2.05, 4.69) is 17.6 Å². The van der Waals surface area contributed by atoms with Gasteiger partial charge in [-0.25, -0.2) is 0 Å². The molecule has 1 aliphatic carbocycles. The first-order chi connectivity index (χ1) is 4.79. The molecule has 2 fully saturated rings. The van der Waals surface area contributed by atoms with Gasteiger partial charge in [0.25, 0.3) is 0 Å². The highest BCUT2D eigenvalue weighted by atomic mass is 15.1. The van der Waals surface area contributed by atoms with Gasteiger partial charge in [0.2, 0.25) is 0 Å². The lowest BCUT2D eigenvalue weighted by Gasteiger charge is -2.29. The molecule has 58 valence electrons. The lowest BCUT2D eigenvalue weighted by atomic mass is 10.1. The van der Waals surface area contributed by atoms with Crippen LogP contribution in [0.15, 0.2) is 0 Å². The van der Waals surface area contributed by atoms with E-state index in [1.165, 1.54) is 32.5 Å². The maximum absolute atomic E-state index is 3.56. The predicted octanol–water partition coefficient (Wildman–Crippen LogP) is 0.348. The minimum absolute atomic E-state index is 0.676. The molecule has 0 aromatic heterocycles. The lowest BCUT2D eigenvalue weighted by molar-refractivity contribution is 0.339. The summed E-state index contributed by atoms with van der Waals surface area (Å²) in [6.45, 7) is 5.96. The van der Waals surface area contributed by atoms with Crippen molar-refractivity contribution in [3.63, 3.8) is 0 Å². The Morgan fingerprint density at radius 2 is 2.20 bits per heavy atom. The van der Waals surface area contributed by atoms with E-state index in [1.54, 1.807) is 0 Å². The van der Waals surface area contributed by atoms with E-state index in [0.717, 1.165) is 6.04 Å². The molecule has 1 saturated heterocycles. The summed E-state index contributed by atoms with van der Waals surface area (Å²) in [6, 6.07) is 0.775. The first kappa shape index (κ1) is 6.62. The number of hydrogen-bond donors (Lipinski definition) is 2. The van der Waals surface area contributed by atoms with E-state index in [-0.39, 0.29) is 0 Å². The molecule has 0 atom stereocenters. The highest BCUT2D eigenvalue weighted by Crippen LogP contribution is 2.44. The van der Waals surface area contributed by atoms with Gasteiger partial charge in [-0.3, -0.25) is 0 Å². The molecule has 2 rings (SSSR count). The second-order valence-corrected chi connectivity index (χ2v) is 4.05. The summed E-state index contributed by atoms with van der Waals surface area (Å²) in [4.78, 5) is 0. The summed E-state index contributed by atoms with van der Waals surface area (Å²) in [5, 5.41) is 6.81. The Kier molecular flexibility index (Phi) is 1.46. The molecule has 0 spiro atoms. The first-order valence-corrected chi connectivity index (χ1v) is 4.23. The topological polar surface area (TPSA) is 24.1 Å². The van der Waals surface area contributed by atoms with Gasteiger partial charge in [-0.05, 0) is 18.3 Å². The zero-order valence-corrected chi connectivity index (χ0v) is 6.61. The van der Waals surface area contributed by atoms with E-state index in [9.17, 15) is 0 Å². The fraction of sp³-hybridized carbons (Fsp3) is 1.00. The lowest BCUT2D eigenvalue weighted by Crippen LogP contribution is -2.56. The smallest absolute Gasteiger partial charge is 0.0317 e. The Labute approximate surface area is 62.4 Å². The average Bonchev–Trinajstić information content (AvgIpc) is 2.44. The Morgan fingerprint density at radius 1 is 1.50 bits per heavy atom. The molecule has 1 saturated carbocycles. The monoisotopic (exact) mass is 140 g/mol. The van der Waals surface area contributed by atoms with Crippen LogP contribution in [0.1, 0.15) is 19.8 Å². The van der Waals surface area contributed by atoms with E-state index in [4.69, 9.17) is 0 Å². The van der Waals surface area contributed by atoms with Crippen molar-refractivity contribution in [2.24, 2.45) is 5.41 Å². The maximum Gasteiger partial charge on any atom is 0.0317 e. The van der Waals surface area contributed by atoms with Gasteiger partial charge in [0.15, 0.2) is 0 Å². The zero-order chi connectivity index (χ0) is 7.03. The van der Waals surface area contributed by atoms with Crippen LogP contribution in [0.5, 0.6) is 0 Å². The van der Waals surface area contributed by atoms with Crippen molar-refractivity contribution in [1.82, 2.24) is 10.6 Å². The van der Waals surface area contributed by atoms with Gasteiger partial charge in [0.05, 0.1) is 0 Å². The predicted molar refractivity (Wildman–Crippen MR) is 42.0 cm³/mol. The number of rotatable bonds is 3. The third-order valence-electron chi connectivity index (χ3n) is 2.70. The highest BCUT2D eigenvalue weighted by Gasteiger charge is 2.37. The van der Waals surface area contributed by atoms with E-state index < -0.39 is 0 Å². The molecule has 0 aromatic rings. The van der Waals surface area contributed by atoms with E-state index in [0.29, 0.717) is 5.41 Å². The van der Waals surface area contributed by atoms with Crippen molar-refractivity contribution in [2.45, 2.75) is 25.8 Å². The molecule has 10 heavy (non-hydrogen) atoms. The van der Waals surface area contributed by atoms with Crippen molar-refractivity contribution < 1.29 is 0 Å². The summed E-state index contributed by atoms with van der Waals surface area (Å²) in [5.41, 5.74) is 0.676. The molecule has 1 heterocycles. The number of nitrogens with one attached hydrogen (secondary N) is 2. The summed E-state index contributed by atoms with van der Waals surface area (Å²) >= 11 is 0. The summed E-state index contributed by atoms with van der Waals surface area (Å²) in [7, 11) is 0. The normalized spacial score (nSPS) is 29.7. The van der Waals surface area contributed by atoms with Crippen LogP contribution in [0.2, 0.25) is 0 Å². The van der Waals surface area contributed by atoms with Crippen molar-refractivity contribution in [1.29, 1.82) is 0 Å². The fourth-order valence-electron chi connectivity index (χ4n) is 1.21. The average molecular weight is 140 g/mol. The van der Waals surface area contributed by atoms with Crippen molar-refractivity contribution >= 4 is 0 Å². The summed E-state index contributed by atoms with van der Waals surface area (Å²) in [5.74, 6) is 0. The van der Waals surface area contributed by atoms with Crippen molar-refractivity contribution in [2.75, 3.05) is 19.6 Å². The molecule has 0 amide bonds. The molecule has 0 radical (unpaired) electrons. The third kappa shape index (κ3) is 1.32. The molecule has 2 N–H and O–H groups in total. The minimum atomic E-state index is 0.676. The SMILES string of the molecule is CC1(CNC2CNC2)CC1. The summed E-state index contributed by atoms with van der Waals surface area (Å²) < 4.78 is 0. The quantitative estimate of drug-likeness (QED) is 0.591. The van der Waals surface area contributed by atoms with Crippen LogP contribution >= 0.6 is 0 Å². The van der Waals surface area contributed by atoms with Crippen LogP contribution in [0.3, 0.4) is 0 Å². The van der Waals surface area contributed by atoms with Gasteiger partial charge in [0.1, 0.15) is 0 Å². The first-order valence-electron chi connectivity index (χ1n) is 4.23. The largest absolute Gasteiger partial charge is 0.314 e. The van der Waals surface area contributed by atoms with E-state index >= 15 is 0 Å². The summed E-state index contributed by atoms with van der Waals surface area (Å²) in [6.07, 6.45) is 2.86. The molecule has 2 nitrogen and oxygen atoms in total. The van der Waals surface area contributed by atoms with Gasteiger partial charge in [0, 0.05) is 25.7 Å². The molecular weight excluding hydrogens is 124 g/mol. The molecule has 0 aromatic carbocycles. The van der Waals surface area contributed by atoms with Crippen LogP contribution in [-0.2, 0) is 0 Å². The van der Waals surface area contributed by atoms with Gasteiger partial charge in [-0.15, -0.1) is 0 Å². The van der Waals surface area contributed by atoms with Crippen molar-refractivity contribution in [3.8, 4) is 0 Å². The molecule has 1 aliphatic heterocycles. The maximum atomic E-state index is 3.56. The second kappa shape index (κ2) is 2.21. The number of hydrogen-bond acceptors (Lipinski definition) is 2. The zero-order valence-electron chi connectivity index (χ0n) is 6.61. The van der Waals surface area contributed by atoms with Gasteiger partial charge >= 0.3 is 0 Å². The van der Waals surface area contributed by atoms with Crippen molar-refractivity contribution in [3.05, 3.63) is 0 Å². The van der Waals surface area contributed by atoms with Crippen LogP contribution in [0.25, 0.3) is 0 Å². The Hall–Kier alpha value is -0.0800. The molecule has 2 aliphatic rings. The fourth-order valence-corrected chi connectivity index (χ4v) is 1.21. The second-order valence-electron chi connectivity index (χ2n) is 4.05. The molecule has 2 heteroatoms. The van der Waals surface area contributed by atoms with Gasteiger partial charge in [-0.2, -0.15) is 0 Å². The van der Waals surface area contributed by atoms with Gasteiger partial charge < -0.3 is 10.6 Å². The Bertz CT molecular complexity index is 125. The Balaban J connectivity index is 1.63. The van der Waals surface area contributed by atoms with Crippen LogP contribution in [-0.4, -0.2) is 25.7 Å². The Morgan fingerprint density at radius 3 is 2.60 bits per heavy atom. The third-order valence-corrected chi connectivity index (χ3v) is 2.70. The van der Waals surface area contributed by atoms with Gasteiger partial charge in [-0.1, -0.05) is 6.92 Å².